The van der Waals surface area contributed by atoms with Gasteiger partial charge in [0.15, 0.2) is 0 Å². The highest BCUT2D eigenvalue weighted by molar-refractivity contribution is 5.78. The quantitative estimate of drug-likeness (QED) is 0.130. The summed E-state index contributed by atoms with van der Waals surface area (Å²) in [7, 11) is 0. The Bertz CT molecular complexity index is 460. The summed E-state index contributed by atoms with van der Waals surface area (Å²) >= 11 is 0. The first-order valence-electron chi connectivity index (χ1n) is 16.4. The Hall–Kier alpha value is -0.530. The zero-order valence-electron chi connectivity index (χ0n) is 24.8. The molecule has 35 heavy (non-hydrogen) atoms. The molecule has 2 heteroatoms. The molecule has 208 valence electrons. The van der Waals surface area contributed by atoms with Gasteiger partial charge in [-0.1, -0.05) is 150 Å². The van der Waals surface area contributed by atoms with Gasteiger partial charge < -0.3 is 4.90 Å². The molecule has 0 aliphatic carbocycles. The van der Waals surface area contributed by atoms with Crippen molar-refractivity contribution >= 4 is 5.91 Å². The maximum Gasteiger partial charge on any atom is 0.225 e. The van der Waals surface area contributed by atoms with Crippen LogP contribution in [0, 0.1) is 17.8 Å². The molecule has 0 aromatic heterocycles. The van der Waals surface area contributed by atoms with Gasteiger partial charge in [-0.2, -0.15) is 0 Å². The van der Waals surface area contributed by atoms with Gasteiger partial charge in [-0.25, -0.2) is 0 Å². The standard InChI is InChI=1S/C33H65NO/c1-5-9-13-15-17-25-32(24-16-14-10-6-2)33(35)34-28-26-31(27-29-34)23-19-18-22-30(20-11-7-3)21-12-8-4/h30-32H,5-29H2,1-4H3. The van der Waals surface area contributed by atoms with Crippen LogP contribution in [0.4, 0.5) is 0 Å². The van der Waals surface area contributed by atoms with Crippen molar-refractivity contribution < 1.29 is 4.79 Å². The van der Waals surface area contributed by atoms with E-state index >= 15 is 0 Å². The van der Waals surface area contributed by atoms with Crippen LogP contribution in [0.2, 0.25) is 0 Å². The summed E-state index contributed by atoms with van der Waals surface area (Å²) in [6.45, 7) is 11.3. The zero-order valence-corrected chi connectivity index (χ0v) is 24.8. The van der Waals surface area contributed by atoms with Crippen LogP contribution in [0.15, 0.2) is 0 Å². The number of hydrogen-bond donors (Lipinski definition) is 0. The maximum absolute atomic E-state index is 13.4. The van der Waals surface area contributed by atoms with Crippen molar-refractivity contribution in [1.82, 2.24) is 4.90 Å². The smallest absolute Gasteiger partial charge is 0.225 e. The summed E-state index contributed by atoms with van der Waals surface area (Å²) < 4.78 is 0. The summed E-state index contributed by atoms with van der Waals surface area (Å²) in [6, 6.07) is 0. The van der Waals surface area contributed by atoms with Crippen LogP contribution < -0.4 is 0 Å². The van der Waals surface area contributed by atoms with Crippen LogP contribution in [0.5, 0.6) is 0 Å². The minimum Gasteiger partial charge on any atom is -0.342 e. The average Bonchev–Trinajstić information content (AvgIpc) is 2.88. The van der Waals surface area contributed by atoms with Gasteiger partial charge in [0.05, 0.1) is 0 Å². The van der Waals surface area contributed by atoms with E-state index in [1.807, 2.05) is 0 Å². The van der Waals surface area contributed by atoms with E-state index in [9.17, 15) is 4.79 Å². The molecule has 1 unspecified atom stereocenters. The van der Waals surface area contributed by atoms with Gasteiger partial charge in [-0.05, 0) is 37.5 Å². The van der Waals surface area contributed by atoms with Gasteiger partial charge >= 0.3 is 0 Å². The second-order valence-electron chi connectivity index (χ2n) is 12.0. The summed E-state index contributed by atoms with van der Waals surface area (Å²) in [5.74, 6) is 2.64. The van der Waals surface area contributed by atoms with Gasteiger partial charge in [0, 0.05) is 19.0 Å². The Morgan fingerprint density at radius 3 is 1.60 bits per heavy atom. The molecular weight excluding hydrogens is 426 g/mol. The third-order valence-electron chi connectivity index (χ3n) is 8.74. The maximum atomic E-state index is 13.4. The monoisotopic (exact) mass is 492 g/mol. The molecule has 1 saturated heterocycles. The van der Waals surface area contributed by atoms with E-state index < -0.39 is 0 Å². The second kappa shape index (κ2) is 22.7. The number of unbranched alkanes of at least 4 members (excludes halogenated alkanes) is 10. The molecule has 0 aromatic rings. The molecule has 0 aromatic carbocycles. The van der Waals surface area contributed by atoms with Crippen molar-refractivity contribution in [3.8, 4) is 0 Å². The predicted molar refractivity (Wildman–Crippen MR) is 156 cm³/mol. The number of rotatable bonds is 23. The lowest BCUT2D eigenvalue weighted by atomic mass is 9.87. The first-order chi connectivity index (χ1) is 17.2. The Morgan fingerprint density at radius 2 is 1.06 bits per heavy atom. The molecule has 0 saturated carbocycles. The highest BCUT2D eigenvalue weighted by atomic mass is 16.2. The Morgan fingerprint density at radius 1 is 0.600 bits per heavy atom. The lowest BCUT2D eigenvalue weighted by Gasteiger charge is -2.34. The predicted octanol–water partition coefficient (Wildman–Crippen LogP) is 10.7. The third kappa shape index (κ3) is 16.0. The van der Waals surface area contributed by atoms with Crippen molar-refractivity contribution in [3.05, 3.63) is 0 Å². The summed E-state index contributed by atoms with van der Waals surface area (Å²) in [5.41, 5.74) is 0. The van der Waals surface area contributed by atoms with Crippen LogP contribution in [0.25, 0.3) is 0 Å². The SMILES string of the molecule is CCCCCCCC(CCCCCC)C(=O)N1CCC(CCCCC(CCCC)CCCC)CC1. The molecule has 1 aliphatic heterocycles. The number of carbonyl (C=O) groups is 1. The van der Waals surface area contributed by atoms with Gasteiger partial charge in [-0.3, -0.25) is 4.79 Å². The molecular formula is C33H65NO. The minimum atomic E-state index is 0.299. The fraction of sp³-hybridized carbons (Fsp3) is 0.970. The van der Waals surface area contributed by atoms with E-state index in [4.69, 9.17) is 0 Å². The molecule has 1 fully saturated rings. The molecule has 0 radical (unpaired) electrons. The van der Waals surface area contributed by atoms with E-state index in [2.05, 4.69) is 32.6 Å². The number of amides is 1. The number of nitrogens with zero attached hydrogens (tertiary/aromatic N) is 1. The average molecular weight is 492 g/mol. The van der Waals surface area contributed by atoms with Crippen LogP contribution in [0.1, 0.15) is 175 Å². The number of piperidine rings is 1. The first kappa shape index (κ1) is 32.5. The van der Waals surface area contributed by atoms with Crippen molar-refractivity contribution in [2.75, 3.05) is 13.1 Å². The van der Waals surface area contributed by atoms with Crippen LogP contribution in [0.3, 0.4) is 0 Å². The fourth-order valence-corrected chi connectivity index (χ4v) is 6.19. The third-order valence-corrected chi connectivity index (χ3v) is 8.74. The summed E-state index contributed by atoms with van der Waals surface area (Å²) in [6.07, 6.45) is 30.6. The summed E-state index contributed by atoms with van der Waals surface area (Å²) in [4.78, 5) is 15.7. The molecule has 1 rings (SSSR count). The molecule has 1 amide bonds. The van der Waals surface area contributed by atoms with Crippen LogP contribution in [-0.4, -0.2) is 23.9 Å². The highest BCUT2D eigenvalue weighted by Gasteiger charge is 2.27. The van der Waals surface area contributed by atoms with E-state index in [0.29, 0.717) is 11.8 Å². The van der Waals surface area contributed by atoms with Crippen LogP contribution >= 0.6 is 0 Å². The molecule has 2 nitrogen and oxygen atoms in total. The van der Waals surface area contributed by atoms with E-state index in [1.54, 1.807) is 0 Å². The summed E-state index contributed by atoms with van der Waals surface area (Å²) in [5, 5.41) is 0. The van der Waals surface area contributed by atoms with E-state index in [-0.39, 0.29) is 0 Å². The number of likely N-dealkylation sites (tertiary alicyclic amines) is 1. The zero-order chi connectivity index (χ0) is 25.6. The van der Waals surface area contributed by atoms with E-state index in [1.165, 1.54) is 135 Å². The molecule has 0 N–H and O–H groups in total. The van der Waals surface area contributed by atoms with Crippen molar-refractivity contribution in [1.29, 1.82) is 0 Å². The van der Waals surface area contributed by atoms with Crippen molar-refractivity contribution in [2.45, 2.75) is 175 Å². The number of carbonyl (C=O) groups excluding carboxylic acids is 1. The van der Waals surface area contributed by atoms with Gasteiger partial charge in [0.2, 0.25) is 5.91 Å². The second-order valence-corrected chi connectivity index (χ2v) is 12.0. The molecule has 1 aliphatic rings. The molecule has 0 bridgehead atoms. The van der Waals surface area contributed by atoms with Gasteiger partial charge in [-0.15, -0.1) is 0 Å². The molecule has 0 spiro atoms. The van der Waals surface area contributed by atoms with E-state index in [0.717, 1.165) is 37.8 Å². The Balaban J connectivity index is 2.35. The Labute approximate surface area is 221 Å². The first-order valence-corrected chi connectivity index (χ1v) is 16.4. The molecule has 1 atom stereocenters. The lowest BCUT2D eigenvalue weighted by molar-refractivity contribution is -0.137. The van der Waals surface area contributed by atoms with Gasteiger partial charge in [0.25, 0.3) is 0 Å². The number of hydrogen-bond acceptors (Lipinski definition) is 1. The van der Waals surface area contributed by atoms with Crippen molar-refractivity contribution in [2.24, 2.45) is 17.8 Å². The highest BCUT2D eigenvalue weighted by Crippen LogP contribution is 2.28. The fourth-order valence-electron chi connectivity index (χ4n) is 6.19. The minimum absolute atomic E-state index is 0.299. The van der Waals surface area contributed by atoms with Crippen LogP contribution in [-0.2, 0) is 4.79 Å². The Kier molecular flexibility index (Phi) is 21.0. The topological polar surface area (TPSA) is 20.3 Å². The normalized spacial score (nSPS) is 15.7. The largest absolute Gasteiger partial charge is 0.342 e. The van der Waals surface area contributed by atoms with Gasteiger partial charge in [0.1, 0.15) is 0 Å². The van der Waals surface area contributed by atoms with Crippen molar-refractivity contribution in [3.63, 3.8) is 0 Å². The molecule has 1 heterocycles. The lowest BCUT2D eigenvalue weighted by Crippen LogP contribution is -2.41.